The van der Waals surface area contributed by atoms with Crippen LogP contribution in [-0.2, 0) is 10.2 Å². The molecular weight excluding hydrogens is 330 g/mol. The Morgan fingerprint density at radius 3 is 2.33 bits per heavy atom. The summed E-state index contributed by atoms with van der Waals surface area (Å²) in [6, 6.07) is 6.31. The van der Waals surface area contributed by atoms with Crippen LogP contribution in [-0.4, -0.2) is 34.9 Å². The first-order valence-electron chi connectivity index (χ1n) is 7.85. The Morgan fingerprint density at radius 1 is 1.33 bits per heavy atom. The minimum Gasteiger partial charge on any atom is -0.341 e. The molecule has 0 radical (unpaired) electrons. The van der Waals surface area contributed by atoms with Crippen LogP contribution in [0, 0.1) is 15.5 Å². The van der Waals surface area contributed by atoms with Gasteiger partial charge in [0.1, 0.15) is 0 Å². The van der Waals surface area contributed by atoms with Crippen molar-refractivity contribution in [2.45, 2.75) is 45.6 Å². The van der Waals surface area contributed by atoms with Gasteiger partial charge < -0.3 is 10.6 Å². The van der Waals surface area contributed by atoms with Crippen LogP contribution >= 0.6 is 12.4 Å². The molecule has 1 atom stereocenters. The summed E-state index contributed by atoms with van der Waals surface area (Å²) in [4.78, 5) is 25.2. The van der Waals surface area contributed by atoms with E-state index in [2.05, 4.69) is 13.8 Å². The molecule has 6 nitrogen and oxygen atoms in total. The fourth-order valence-corrected chi connectivity index (χ4v) is 3.07. The van der Waals surface area contributed by atoms with E-state index in [0.717, 1.165) is 12.0 Å². The zero-order valence-corrected chi connectivity index (χ0v) is 15.4. The molecule has 1 saturated heterocycles. The van der Waals surface area contributed by atoms with Gasteiger partial charge in [0.25, 0.3) is 5.69 Å². The van der Waals surface area contributed by atoms with Gasteiger partial charge in [-0.3, -0.25) is 14.9 Å². The molecule has 0 bridgehead atoms. The number of hydrogen-bond acceptors (Lipinski definition) is 4. The second kappa shape index (κ2) is 7.07. The molecule has 1 aliphatic rings. The van der Waals surface area contributed by atoms with E-state index in [9.17, 15) is 14.9 Å². The number of nitro groups is 1. The third-order valence-electron chi connectivity index (χ3n) is 4.93. The van der Waals surface area contributed by atoms with Crippen molar-refractivity contribution in [1.29, 1.82) is 0 Å². The normalized spacial score (nSPS) is 20.2. The predicted octanol–water partition coefficient (Wildman–Crippen LogP) is 2.88. The van der Waals surface area contributed by atoms with Crippen molar-refractivity contribution < 1.29 is 9.72 Å². The van der Waals surface area contributed by atoms with E-state index in [1.807, 2.05) is 18.7 Å². The standard InChI is InChI=1S/C17H25N3O3.ClH/c1-16(2)11-19(10-9-14(16)18)15(21)17(3,4)12-5-7-13(8-6-12)20(22)23;/h5-8,14H,9-11,18H2,1-4H3;1H. The Balaban J connectivity index is 0.00000288. The lowest BCUT2D eigenvalue weighted by atomic mass is 9.77. The van der Waals surface area contributed by atoms with Gasteiger partial charge in [0.05, 0.1) is 10.3 Å². The van der Waals surface area contributed by atoms with Crippen molar-refractivity contribution in [2.24, 2.45) is 11.1 Å². The molecule has 1 aliphatic heterocycles. The maximum atomic E-state index is 13.0. The van der Waals surface area contributed by atoms with Gasteiger partial charge in [0.2, 0.25) is 5.91 Å². The average molecular weight is 356 g/mol. The predicted molar refractivity (Wildman–Crippen MR) is 96.3 cm³/mol. The molecular formula is C17H26ClN3O3. The minimum atomic E-state index is -0.730. The lowest BCUT2D eigenvalue weighted by molar-refractivity contribution is -0.384. The number of piperidine rings is 1. The van der Waals surface area contributed by atoms with Crippen LogP contribution in [0.1, 0.15) is 39.7 Å². The number of hydrogen-bond donors (Lipinski definition) is 1. The first kappa shape index (κ1) is 20.4. The lowest BCUT2D eigenvalue weighted by Gasteiger charge is -2.45. The van der Waals surface area contributed by atoms with Crippen LogP contribution in [0.15, 0.2) is 24.3 Å². The fourth-order valence-electron chi connectivity index (χ4n) is 3.07. The van der Waals surface area contributed by atoms with E-state index < -0.39 is 10.3 Å². The molecule has 1 aromatic carbocycles. The number of nitrogens with two attached hydrogens (primary N) is 1. The maximum absolute atomic E-state index is 13.0. The summed E-state index contributed by atoms with van der Waals surface area (Å²) in [5.41, 5.74) is 6.11. The Kier molecular flexibility index (Phi) is 6.00. The Labute approximate surface area is 149 Å². The number of non-ortho nitro benzene ring substituents is 1. The second-order valence-electron chi connectivity index (χ2n) is 7.54. The van der Waals surface area contributed by atoms with Gasteiger partial charge in [0, 0.05) is 31.3 Å². The number of nitrogens with zero attached hydrogens (tertiary/aromatic N) is 2. The molecule has 1 unspecified atom stereocenters. The number of halogens is 1. The van der Waals surface area contributed by atoms with Gasteiger partial charge in [-0.05, 0) is 31.2 Å². The van der Waals surface area contributed by atoms with Crippen molar-refractivity contribution >= 4 is 24.0 Å². The van der Waals surface area contributed by atoms with Crippen molar-refractivity contribution in [3.63, 3.8) is 0 Å². The van der Waals surface area contributed by atoms with E-state index in [4.69, 9.17) is 5.73 Å². The fraction of sp³-hybridized carbons (Fsp3) is 0.588. The van der Waals surface area contributed by atoms with Crippen LogP contribution in [0.5, 0.6) is 0 Å². The number of carbonyl (C=O) groups is 1. The van der Waals surface area contributed by atoms with Gasteiger partial charge in [-0.25, -0.2) is 0 Å². The molecule has 0 saturated carbocycles. The summed E-state index contributed by atoms with van der Waals surface area (Å²) in [7, 11) is 0. The third-order valence-corrected chi connectivity index (χ3v) is 4.93. The lowest BCUT2D eigenvalue weighted by Crippen LogP contribution is -2.56. The molecule has 24 heavy (non-hydrogen) atoms. The van der Waals surface area contributed by atoms with E-state index in [1.165, 1.54) is 12.1 Å². The van der Waals surface area contributed by atoms with Crippen LogP contribution in [0.4, 0.5) is 5.69 Å². The Morgan fingerprint density at radius 2 is 1.88 bits per heavy atom. The molecule has 1 fully saturated rings. The first-order chi connectivity index (χ1) is 10.6. The van der Waals surface area contributed by atoms with E-state index in [0.29, 0.717) is 13.1 Å². The highest BCUT2D eigenvalue weighted by Gasteiger charge is 2.40. The highest BCUT2D eigenvalue weighted by Crippen LogP contribution is 2.33. The van der Waals surface area contributed by atoms with Crippen LogP contribution in [0.2, 0.25) is 0 Å². The number of likely N-dealkylation sites (tertiary alicyclic amines) is 1. The quantitative estimate of drug-likeness (QED) is 0.666. The molecule has 0 aromatic heterocycles. The molecule has 0 spiro atoms. The van der Waals surface area contributed by atoms with E-state index in [-0.39, 0.29) is 35.5 Å². The monoisotopic (exact) mass is 355 g/mol. The molecule has 2 N–H and O–H groups in total. The largest absolute Gasteiger partial charge is 0.341 e. The van der Waals surface area contributed by atoms with Crippen LogP contribution in [0.25, 0.3) is 0 Å². The Hall–Kier alpha value is -1.66. The smallest absolute Gasteiger partial charge is 0.269 e. The van der Waals surface area contributed by atoms with Crippen LogP contribution in [0.3, 0.4) is 0 Å². The van der Waals surface area contributed by atoms with Crippen molar-refractivity contribution in [3.05, 3.63) is 39.9 Å². The molecule has 1 aromatic rings. The van der Waals surface area contributed by atoms with Crippen molar-refractivity contribution in [2.75, 3.05) is 13.1 Å². The number of rotatable bonds is 3. The highest BCUT2D eigenvalue weighted by molar-refractivity contribution is 5.87. The zero-order valence-electron chi connectivity index (χ0n) is 14.6. The molecule has 0 aliphatic carbocycles. The van der Waals surface area contributed by atoms with E-state index in [1.54, 1.807) is 12.1 Å². The average Bonchev–Trinajstić information content (AvgIpc) is 2.49. The summed E-state index contributed by atoms with van der Waals surface area (Å²) < 4.78 is 0. The van der Waals surface area contributed by atoms with Crippen molar-refractivity contribution in [3.8, 4) is 0 Å². The molecule has 1 amide bonds. The number of nitro benzene ring substituents is 1. The summed E-state index contributed by atoms with van der Waals surface area (Å²) in [6.45, 7) is 9.16. The molecule has 7 heteroatoms. The topological polar surface area (TPSA) is 89.5 Å². The van der Waals surface area contributed by atoms with Gasteiger partial charge in [-0.2, -0.15) is 0 Å². The van der Waals surface area contributed by atoms with E-state index >= 15 is 0 Å². The molecule has 134 valence electrons. The van der Waals surface area contributed by atoms with Crippen LogP contribution < -0.4 is 5.73 Å². The molecule has 2 rings (SSSR count). The number of carbonyl (C=O) groups excluding carboxylic acids is 1. The Bertz CT molecular complexity index is 614. The number of amides is 1. The summed E-state index contributed by atoms with van der Waals surface area (Å²) in [6.07, 6.45) is 0.787. The van der Waals surface area contributed by atoms with Gasteiger partial charge in [-0.1, -0.05) is 26.0 Å². The van der Waals surface area contributed by atoms with Gasteiger partial charge in [0.15, 0.2) is 0 Å². The third kappa shape index (κ3) is 3.87. The summed E-state index contributed by atoms with van der Waals surface area (Å²) >= 11 is 0. The maximum Gasteiger partial charge on any atom is 0.269 e. The summed E-state index contributed by atoms with van der Waals surface area (Å²) in [5.74, 6) is 0.0336. The molecule has 1 heterocycles. The summed E-state index contributed by atoms with van der Waals surface area (Å²) in [5, 5.41) is 10.8. The van der Waals surface area contributed by atoms with Crippen molar-refractivity contribution in [1.82, 2.24) is 4.90 Å². The number of benzene rings is 1. The minimum absolute atomic E-state index is 0. The second-order valence-corrected chi connectivity index (χ2v) is 7.54. The SMILES string of the molecule is CC(C)(C(=O)N1CCC(N)C(C)(C)C1)c1ccc([N+](=O)[O-])cc1.Cl. The van der Waals surface area contributed by atoms with Gasteiger partial charge >= 0.3 is 0 Å². The highest BCUT2D eigenvalue weighted by atomic mass is 35.5. The van der Waals surface area contributed by atoms with Gasteiger partial charge in [-0.15, -0.1) is 12.4 Å². The zero-order chi connectivity index (χ0) is 17.4. The first-order valence-corrected chi connectivity index (χ1v) is 7.85.